The first kappa shape index (κ1) is 15.4. The topological polar surface area (TPSA) is 42.7 Å². The second-order valence-electron chi connectivity index (χ2n) is 6.01. The van der Waals surface area contributed by atoms with E-state index >= 15 is 0 Å². The molecule has 1 fully saturated rings. The van der Waals surface area contributed by atoms with E-state index in [1.165, 1.54) is 0 Å². The summed E-state index contributed by atoms with van der Waals surface area (Å²) in [5.74, 6) is -1.25. The number of hydrogen-bond acceptors (Lipinski definition) is 3. The van der Waals surface area contributed by atoms with Gasteiger partial charge in [0.25, 0.3) is 0 Å². The van der Waals surface area contributed by atoms with Gasteiger partial charge in [-0.05, 0) is 39.7 Å². The minimum atomic E-state index is -2.47. The van der Waals surface area contributed by atoms with E-state index in [2.05, 4.69) is 29.2 Å². The van der Waals surface area contributed by atoms with Crippen LogP contribution in [-0.2, 0) is 6.42 Å². The number of aromatic nitrogens is 3. The molecule has 4 nitrogen and oxygen atoms in total. The zero-order valence-electron chi connectivity index (χ0n) is 12.4. The van der Waals surface area contributed by atoms with Gasteiger partial charge in [0.1, 0.15) is 12.2 Å². The van der Waals surface area contributed by atoms with Gasteiger partial charge in [-0.1, -0.05) is 0 Å². The number of rotatable bonds is 5. The van der Waals surface area contributed by atoms with E-state index in [0.717, 1.165) is 12.2 Å². The summed E-state index contributed by atoms with van der Waals surface area (Å²) in [6.45, 7) is 4.13. The zero-order chi connectivity index (χ0) is 14.8. The Balaban J connectivity index is 2.01. The molecule has 0 radical (unpaired) electrons. The molecule has 1 heterocycles. The molecule has 0 aliphatic heterocycles. The molecule has 1 saturated carbocycles. The molecule has 0 amide bonds. The first-order valence-corrected chi connectivity index (χ1v) is 7.36. The third-order valence-electron chi connectivity index (χ3n) is 4.24. The smallest absolute Gasteiger partial charge is 0.248 e. The van der Waals surface area contributed by atoms with Crippen molar-refractivity contribution in [1.29, 1.82) is 0 Å². The quantitative estimate of drug-likeness (QED) is 0.905. The molecule has 1 aromatic heterocycles. The molecule has 1 atom stereocenters. The molecule has 2 rings (SSSR count). The highest BCUT2D eigenvalue weighted by Crippen LogP contribution is 2.37. The minimum absolute atomic E-state index is 0.00666. The molecule has 6 heteroatoms. The molecule has 0 bridgehead atoms. The van der Waals surface area contributed by atoms with Crippen molar-refractivity contribution in [3.8, 4) is 0 Å². The number of nitrogens with zero attached hydrogens (tertiary/aromatic N) is 3. The fourth-order valence-electron chi connectivity index (χ4n) is 3.02. The van der Waals surface area contributed by atoms with Gasteiger partial charge in [0.15, 0.2) is 0 Å². The second kappa shape index (κ2) is 6.16. The van der Waals surface area contributed by atoms with Crippen molar-refractivity contribution in [1.82, 2.24) is 20.1 Å². The Morgan fingerprint density at radius 3 is 2.60 bits per heavy atom. The van der Waals surface area contributed by atoms with E-state index in [-0.39, 0.29) is 30.8 Å². The van der Waals surface area contributed by atoms with Crippen LogP contribution in [0.1, 0.15) is 51.4 Å². The van der Waals surface area contributed by atoms with Crippen LogP contribution in [0.15, 0.2) is 6.33 Å². The van der Waals surface area contributed by atoms with Gasteiger partial charge in [-0.3, -0.25) is 0 Å². The summed E-state index contributed by atoms with van der Waals surface area (Å²) in [6.07, 6.45) is 3.48. The molecule has 1 unspecified atom stereocenters. The van der Waals surface area contributed by atoms with E-state index in [4.69, 9.17) is 0 Å². The average Bonchev–Trinajstić information content (AvgIpc) is 2.84. The highest BCUT2D eigenvalue weighted by Gasteiger charge is 2.37. The Morgan fingerprint density at radius 1 is 1.40 bits per heavy atom. The summed E-state index contributed by atoms with van der Waals surface area (Å²) in [5, 5.41) is 7.51. The van der Waals surface area contributed by atoms with Crippen molar-refractivity contribution in [2.75, 3.05) is 7.05 Å². The number of halogens is 2. The van der Waals surface area contributed by atoms with Crippen LogP contribution < -0.4 is 5.32 Å². The Kier molecular flexibility index (Phi) is 4.73. The maximum atomic E-state index is 13.2. The van der Waals surface area contributed by atoms with Gasteiger partial charge in [-0.25, -0.2) is 18.4 Å². The Bertz CT molecular complexity index is 421. The van der Waals surface area contributed by atoms with Crippen LogP contribution >= 0.6 is 0 Å². The van der Waals surface area contributed by atoms with E-state index < -0.39 is 5.92 Å². The molecular formula is C14H24F2N4. The van der Waals surface area contributed by atoms with E-state index in [1.54, 1.807) is 6.33 Å². The van der Waals surface area contributed by atoms with Crippen LogP contribution in [0.5, 0.6) is 0 Å². The molecular weight excluding hydrogens is 262 g/mol. The first-order valence-electron chi connectivity index (χ1n) is 7.36. The van der Waals surface area contributed by atoms with Crippen molar-refractivity contribution >= 4 is 0 Å². The molecule has 1 aliphatic carbocycles. The van der Waals surface area contributed by atoms with Gasteiger partial charge < -0.3 is 5.32 Å². The van der Waals surface area contributed by atoms with Gasteiger partial charge in [0.05, 0.1) is 0 Å². The molecule has 1 N–H and O–H groups in total. The van der Waals surface area contributed by atoms with Crippen molar-refractivity contribution in [3.05, 3.63) is 12.2 Å². The van der Waals surface area contributed by atoms with Crippen molar-refractivity contribution in [3.63, 3.8) is 0 Å². The predicted molar refractivity (Wildman–Crippen MR) is 73.9 cm³/mol. The number of hydrogen-bond donors (Lipinski definition) is 1. The zero-order valence-corrected chi connectivity index (χ0v) is 12.4. The van der Waals surface area contributed by atoms with E-state index in [9.17, 15) is 8.78 Å². The second-order valence-corrected chi connectivity index (χ2v) is 6.01. The molecule has 0 spiro atoms. The van der Waals surface area contributed by atoms with E-state index in [0.29, 0.717) is 12.8 Å². The third kappa shape index (κ3) is 3.53. The molecule has 0 aromatic carbocycles. The highest BCUT2D eigenvalue weighted by atomic mass is 19.3. The van der Waals surface area contributed by atoms with Gasteiger partial charge in [0, 0.05) is 31.3 Å². The van der Waals surface area contributed by atoms with Gasteiger partial charge in [-0.15, -0.1) is 0 Å². The lowest BCUT2D eigenvalue weighted by Gasteiger charge is -2.33. The fraction of sp³-hybridized carbons (Fsp3) is 0.857. The Hall–Kier alpha value is -1.04. The van der Waals surface area contributed by atoms with Crippen molar-refractivity contribution < 1.29 is 8.78 Å². The van der Waals surface area contributed by atoms with Crippen LogP contribution in [0, 0.1) is 5.92 Å². The summed E-state index contributed by atoms with van der Waals surface area (Å²) >= 11 is 0. The van der Waals surface area contributed by atoms with Crippen LogP contribution in [0.4, 0.5) is 8.78 Å². The maximum Gasteiger partial charge on any atom is 0.248 e. The highest BCUT2D eigenvalue weighted by molar-refractivity contribution is 4.95. The summed E-state index contributed by atoms with van der Waals surface area (Å²) in [4.78, 5) is 4.31. The minimum Gasteiger partial charge on any atom is -0.316 e. The third-order valence-corrected chi connectivity index (χ3v) is 4.24. The van der Waals surface area contributed by atoms with Gasteiger partial charge in [0.2, 0.25) is 5.92 Å². The standard InChI is InChI=1S/C14H24F2N4/c1-10(2)20-13(18-9-19-20)8-12(17-3)11-4-6-14(15,16)7-5-11/h9-12,17H,4-8H2,1-3H3. The van der Waals surface area contributed by atoms with Crippen LogP contribution in [0.3, 0.4) is 0 Å². The number of alkyl halides is 2. The van der Waals surface area contributed by atoms with Crippen molar-refractivity contribution in [2.24, 2.45) is 5.92 Å². The SMILES string of the molecule is CNC(Cc1ncnn1C(C)C)C1CCC(F)(F)CC1. The maximum absolute atomic E-state index is 13.2. The Morgan fingerprint density at radius 2 is 2.05 bits per heavy atom. The number of nitrogens with one attached hydrogen (secondary N) is 1. The van der Waals surface area contributed by atoms with E-state index in [1.807, 2.05) is 11.7 Å². The average molecular weight is 286 g/mol. The molecule has 1 aliphatic rings. The predicted octanol–water partition coefficient (Wildman–Crippen LogP) is 2.82. The molecule has 20 heavy (non-hydrogen) atoms. The summed E-state index contributed by atoms with van der Waals surface area (Å²) < 4.78 is 28.4. The normalized spacial score (nSPS) is 21.3. The molecule has 0 saturated heterocycles. The van der Waals surface area contributed by atoms with Crippen molar-refractivity contribution in [2.45, 2.75) is 64.0 Å². The fourth-order valence-corrected chi connectivity index (χ4v) is 3.02. The Labute approximate surface area is 119 Å². The largest absolute Gasteiger partial charge is 0.316 e. The number of likely N-dealkylation sites (N-methyl/N-ethyl adjacent to an activating group) is 1. The van der Waals surface area contributed by atoms with Crippen LogP contribution in [0.2, 0.25) is 0 Å². The summed E-state index contributed by atoms with van der Waals surface area (Å²) in [5.41, 5.74) is 0. The lowest BCUT2D eigenvalue weighted by Crippen LogP contribution is -2.40. The summed E-state index contributed by atoms with van der Waals surface area (Å²) in [7, 11) is 1.90. The van der Waals surface area contributed by atoms with Gasteiger partial charge >= 0.3 is 0 Å². The molecule has 114 valence electrons. The molecule has 1 aromatic rings. The lowest BCUT2D eigenvalue weighted by atomic mass is 9.81. The van der Waals surface area contributed by atoms with Crippen LogP contribution in [-0.4, -0.2) is 33.8 Å². The monoisotopic (exact) mass is 286 g/mol. The van der Waals surface area contributed by atoms with Gasteiger partial charge in [-0.2, -0.15) is 5.10 Å². The van der Waals surface area contributed by atoms with Crippen LogP contribution in [0.25, 0.3) is 0 Å². The first-order chi connectivity index (χ1) is 9.43. The summed E-state index contributed by atoms with van der Waals surface area (Å²) in [6, 6.07) is 0.452. The lowest BCUT2D eigenvalue weighted by molar-refractivity contribution is -0.0493.